The lowest BCUT2D eigenvalue weighted by molar-refractivity contribution is 0.578. The highest BCUT2D eigenvalue weighted by Crippen LogP contribution is 2.10. The van der Waals surface area contributed by atoms with Gasteiger partial charge in [0.25, 0.3) is 0 Å². The first-order valence-electron chi connectivity index (χ1n) is 6.09. The molecule has 0 saturated heterocycles. The van der Waals surface area contributed by atoms with Crippen molar-refractivity contribution < 1.29 is 0 Å². The second-order valence-corrected chi connectivity index (χ2v) is 4.61. The zero-order valence-electron chi connectivity index (χ0n) is 9.93. The third kappa shape index (κ3) is 12.1. The van der Waals surface area contributed by atoms with Gasteiger partial charge in [-0.15, -0.1) is 11.8 Å². The summed E-state index contributed by atoms with van der Waals surface area (Å²) in [6, 6.07) is 0. The maximum Gasteiger partial charge on any atom is -0.0142 e. The molecule has 0 aliphatic rings. The van der Waals surface area contributed by atoms with Crippen molar-refractivity contribution in [3.63, 3.8) is 0 Å². The van der Waals surface area contributed by atoms with Crippen LogP contribution in [-0.4, -0.2) is 6.26 Å². The highest BCUT2D eigenvalue weighted by molar-refractivity contribution is 8.01. The minimum absolute atomic E-state index is 1.27. The maximum atomic E-state index is 2.29. The molecule has 0 amide bonds. The molecule has 0 atom stereocenters. The Labute approximate surface area is 94.6 Å². The molecule has 0 radical (unpaired) electrons. The fourth-order valence-electron chi connectivity index (χ4n) is 1.56. The van der Waals surface area contributed by atoms with Gasteiger partial charge in [0.2, 0.25) is 0 Å². The fraction of sp³-hybridized carbons (Fsp3) is 0.846. The van der Waals surface area contributed by atoms with Crippen molar-refractivity contribution in [2.24, 2.45) is 0 Å². The number of hydrogen-bond donors (Lipinski definition) is 0. The lowest BCUT2D eigenvalue weighted by Gasteiger charge is -1.99. The highest BCUT2D eigenvalue weighted by Gasteiger charge is 1.89. The summed E-state index contributed by atoms with van der Waals surface area (Å²) < 4.78 is 0. The first-order valence-corrected chi connectivity index (χ1v) is 7.38. The van der Waals surface area contributed by atoms with Gasteiger partial charge in [-0.1, -0.05) is 57.9 Å². The van der Waals surface area contributed by atoms with Gasteiger partial charge in [0.05, 0.1) is 0 Å². The van der Waals surface area contributed by atoms with E-state index in [1.807, 2.05) is 0 Å². The molecular formula is C13H26S. The second-order valence-electron chi connectivity index (χ2n) is 3.87. The number of allylic oxidation sites excluding steroid dienone is 1. The number of hydrogen-bond acceptors (Lipinski definition) is 1. The molecule has 0 aliphatic heterocycles. The molecule has 0 saturated carbocycles. The van der Waals surface area contributed by atoms with Crippen molar-refractivity contribution in [3.05, 3.63) is 11.5 Å². The van der Waals surface area contributed by atoms with Crippen LogP contribution in [0.25, 0.3) is 0 Å². The Hall–Kier alpha value is 0.0900. The fourth-order valence-corrected chi connectivity index (χ4v) is 1.89. The van der Waals surface area contributed by atoms with Crippen molar-refractivity contribution >= 4 is 11.8 Å². The largest absolute Gasteiger partial charge is 0.138 e. The normalized spacial score (nSPS) is 11.3. The van der Waals surface area contributed by atoms with Gasteiger partial charge in [-0.3, -0.25) is 0 Å². The molecule has 0 aromatic carbocycles. The SMILES string of the molecule is CCCCCCCCCC/C=C/SC. The van der Waals surface area contributed by atoms with Crippen molar-refractivity contribution in [2.75, 3.05) is 6.26 Å². The molecule has 0 nitrogen and oxygen atoms in total. The van der Waals surface area contributed by atoms with Crippen LogP contribution in [-0.2, 0) is 0 Å². The van der Waals surface area contributed by atoms with Gasteiger partial charge in [0.15, 0.2) is 0 Å². The van der Waals surface area contributed by atoms with Crippen LogP contribution >= 0.6 is 11.8 Å². The first kappa shape index (κ1) is 14.1. The van der Waals surface area contributed by atoms with Gasteiger partial charge in [0, 0.05) is 0 Å². The summed E-state index contributed by atoms with van der Waals surface area (Å²) in [5.41, 5.74) is 0. The first-order chi connectivity index (χ1) is 6.91. The maximum absolute atomic E-state index is 2.29. The molecule has 0 unspecified atom stereocenters. The Kier molecular flexibility index (Phi) is 13.2. The molecule has 1 heteroatoms. The summed E-state index contributed by atoms with van der Waals surface area (Å²) in [6.45, 7) is 2.28. The van der Waals surface area contributed by atoms with Crippen LogP contribution in [0, 0.1) is 0 Å². The average molecular weight is 214 g/mol. The van der Waals surface area contributed by atoms with Crippen molar-refractivity contribution in [1.29, 1.82) is 0 Å². The Balaban J connectivity index is 2.88. The molecule has 0 rings (SSSR count). The number of unbranched alkanes of at least 4 members (excludes halogenated alkanes) is 8. The topological polar surface area (TPSA) is 0 Å². The van der Waals surface area contributed by atoms with Gasteiger partial charge in [0.1, 0.15) is 0 Å². The standard InChI is InChI=1S/C13H26S/c1-3-4-5-6-7-8-9-10-11-12-13-14-2/h12-13H,3-11H2,1-2H3/b13-12+. The Bertz CT molecular complexity index is 118. The van der Waals surface area contributed by atoms with E-state index < -0.39 is 0 Å². The average Bonchev–Trinajstić information content (AvgIpc) is 2.21. The molecule has 0 fully saturated rings. The Morgan fingerprint density at radius 1 is 0.857 bits per heavy atom. The van der Waals surface area contributed by atoms with Gasteiger partial charge in [-0.25, -0.2) is 0 Å². The zero-order chi connectivity index (χ0) is 10.5. The molecule has 0 aliphatic carbocycles. The van der Waals surface area contributed by atoms with E-state index in [1.54, 1.807) is 11.8 Å². The third-order valence-electron chi connectivity index (χ3n) is 2.46. The molecule has 0 aromatic rings. The molecule has 0 spiro atoms. The molecular weight excluding hydrogens is 188 g/mol. The predicted molar refractivity (Wildman–Crippen MR) is 69.9 cm³/mol. The van der Waals surface area contributed by atoms with Gasteiger partial charge < -0.3 is 0 Å². The van der Waals surface area contributed by atoms with Crippen LogP contribution in [0.15, 0.2) is 11.5 Å². The summed E-state index contributed by atoms with van der Waals surface area (Å²) >= 11 is 1.80. The molecule has 0 heterocycles. The molecule has 0 aromatic heterocycles. The van der Waals surface area contributed by atoms with E-state index in [2.05, 4.69) is 24.7 Å². The predicted octanol–water partition coefficient (Wildman–Crippen LogP) is 5.39. The third-order valence-corrected chi connectivity index (χ3v) is 2.92. The van der Waals surface area contributed by atoms with Crippen molar-refractivity contribution in [3.8, 4) is 0 Å². The minimum Gasteiger partial charge on any atom is -0.138 e. The molecule has 0 N–H and O–H groups in total. The van der Waals surface area contributed by atoms with Crippen molar-refractivity contribution in [1.82, 2.24) is 0 Å². The monoisotopic (exact) mass is 214 g/mol. The van der Waals surface area contributed by atoms with E-state index in [9.17, 15) is 0 Å². The summed E-state index contributed by atoms with van der Waals surface area (Å²) in [5, 5.41) is 2.20. The van der Waals surface area contributed by atoms with Crippen LogP contribution in [0.2, 0.25) is 0 Å². The van der Waals surface area contributed by atoms with Crippen LogP contribution in [0.4, 0.5) is 0 Å². The summed E-state index contributed by atoms with van der Waals surface area (Å²) in [7, 11) is 0. The smallest absolute Gasteiger partial charge is 0.0142 e. The van der Waals surface area contributed by atoms with E-state index in [1.165, 1.54) is 57.8 Å². The quantitative estimate of drug-likeness (QED) is 0.439. The van der Waals surface area contributed by atoms with Crippen LogP contribution in [0.1, 0.15) is 64.7 Å². The van der Waals surface area contributed by atoms with Crippen LogP contribution in [0.3, 0.4) is 0 Å². The van der Waals surface area contributed by atoms with E-state index in [-0.39, 0.29) is 0 Å². The molecule has 0 bridgehead atoms. The van der Waals surface area contributed by atoms with Gasteiger partial charge >= 0.3 is 0 Å². The van der Waals surface area contributed by atoms with Crippen LogP contribution in [0.5, 0.6) is 0 Å². The van der Waals surface area contributed by atoms with E-state index in [0.29, 0.717) is 0 Å². The Morgan fingerprint density at radius 2 is 1.43 bits per heavy atom. The zero-order valence-corrected chi connectivity index (χ0v) is 10.7. The number of thioether (sulfide) groups is 1. The second kappa shape index (κ2) is 13.1. The van der Waals surface area contributed by atoms with E-state index in [0.717, 1.165) is 0 Å². The Morgan fingerprint density at radius 3 is 2.00 bits per heavy atom. The lowest BCUT2D eigenvalue weighted by atomic mass is 10.1. The van der Waals surface area contributed by atoms with E-state index in [4.69, 9.17) is 0 Å². The molecule has 84 valence electrons. The summed E-state index contributed by atoms with van der Waals surface area (Å²) in [6.07, 6.45) is 17.1. The van der Waals surface area contributed by atoms with E-state index >= 15 is 0 Å². The number of rotatable bonds is 10. The van der Waals surface area contributed by atoms with Gasteiger partial charge in [-0.05, 0) is 24.5 Å². The molecule has 14 heavy (non-hydrogen) atoms. The van der Waals surface area contributed by atoms with Gasteiger partial charge in [-0.2, -0.15) is 0 Å². The van der Waals surface area contributed by atoms with Crippen LogP contribution < -0.4 is 0 Å². The summed E-state index contributed by atoms with van der Waals surface area (Å²) in [5.74, 6) is 0. The summed E-state index contributed by atoms with van der Waals surface area (Å²) in [4.78, 5) is 0. The van der Waals surface area contributed by atoms with Crippen molar-refractivity contribution in [2.45, 2.75) is 64.7 Å². The highest BCUT2D eigenvalue weighted by atomic mass is 32.2. The lowest BCUT2D eigenvalue weighted by Crippen LogP contribution is -1.79. The minimum atomic E-state index is 1.27.